The van der Waals surface area contributed by atoms with Crippen LogP contribution in [-0.2, 0) is 31.8 Å². The summed E-state index contributed by atoms with van der Waals surface area (Å²) in [6, 6.07) is 13.4. The number of piperidine rings is 2. The number of carbonyl (C=O) groups excluding carboxylic acids is 4. The first-order chi connectivity index (χ1) is 27.5. The molecule has 306 valence electrons. The average molecular weight is 822 g/mol. The van der Waals surface area contributed by atoms with Crippen LogP contribution >= 0.6 is 12.2 Å². The van der Waals surface area contributed by atoms with Crippen molar-refractivity contribution in [1.82, 2.24) is 10.2 Å². The van der Waals surface area contributed by atoms with Gasteiger partial charge in [-0.05, 0) is 137 Å². The fourth-order valence-electron chi connectivity index (χ4n) is 7.53. The van der Waals surface area contributed by atoms with Crippen molar-refractivity contribution < 1.29 is 41.5 Å². The van der Waals surface area contributed by atoms with Gasteiger partial charge < -0.3 is 20.3 Å². The lowest BCUT2D eigenvalue weighted by molar-refractivity contribution is -0.138. The molecule has 1 atom stereocenters. The molecule has 12 nitrogen and oxygen atoms in total. The highest BCUT2D eigenvalue weighted by Gasteiger charge is 2.51. The van der Waals surface area contributed by atoms with Gasteiger partial charge in [-0.25, -0.2) is 4.39 Å². The van der Waals surface area contributed by atoms with Gasteiger partial charge in [0, 0.05) is 23.5 Å². The highest BCUT2D eigenvalue weighted by atomic mass is 32.1. The maximum atomic E-state index is 14.4. The lowest BCUT2D eigenvalue weighted by atomic mass is 9.94. The lowest BCUT2D eigenvalue weighted by Gasteiger charge is -2.31. The fourth-order valence-corrected chi connectivity index (χ4v) is 8.05. The van der Waals surface area contributed by atoms with Crippen LogP contribution in [0, 0.1) is 23.1 Å². The largest absolute Gasteiger partial charge is 0.493 e. The molecule has 1 unspecified atom stereocenters. The van der Waals surface area contributed by atoms with Gasteiger partial charge >= 0.3 is 6.18 Å². The summed E-state index contributed by atoms with van der Waals surface area (Å²) in [5, 5.41) is 17.2. The number of imide groups is 1. The van der Waals surface area contributed by atoms with E-state index >= 15 is 0 Å². The van der Waals surface area contributed by atoms with E-state index in [0.29, 0.717) is 49.2 Å². The molecule has 4 amide bonds. The summed E-state index contributed by atoms with van der Waals surface area (Å²) < 4.78 is 61.9. The summed E-state index contributed by atoms with van der Waals surface area (Å²) >= 11 is 5.70. The third kappa shape index (κ3) is 9.24. The van der Waals surface area contributed by atoms with Crippen LogP contribution in [-0.4, -0.2) is 71.5 Å². The molecule has 58 heavy (non-hydrogen) atoms. The van der Waals surface area contributed by atoms with E-state index in [1.807, 2.05) is 17.9 Å². The number of hydrogen-bond acceptors (Lipinski definition) is 9. The zero-order chi connectivity index (χ0) is 41.9. The first kappa shape index (κ1) is 42.0. The lowest BCUT2D eigenvalue weighted by Crippen LogP contribution is -2.47. The van der Waals surface area contributed by atoms with Crippen LogP contribution in [0.1, 0.15) is 69.6 Å². The molecule has 0 saturated carbocycles. The van der Waals surface area contributed by atoms with Crippen LogP contribution in [0.3, 0.4) is 0 Å². The molecule has 0 aromatic heterocycles. The molecule has 3 N–H and O–H groups in total. The van der Waals surface area contributed by atoms with Crippen LogP contribution in [0.25, 0.3) is 0 Å². The number of amides is 4. The minimum atomic E-state index is -4.80. The Morgan fingerprint density at radius 3 is 2.40 bits per heavy atom. The van der Waals surface area contributed by atoms with Crippen molar-refractivity contribution in [3.63, 3.8) is 0 Å². The van der Waals surface area contributed by atoms with Crippen LogP contribution < -0.4 is 30.5 Å². The monoisotopic (exact) mass is 821 g/mol. The number of ether oxygens (including phenoxy) is 1. The Morgan fingerprint density at radius 1 is 1.02 bits per heavy atom. The smallest absolute Gasteiger partial charge is 0.417 e. The van der Waals surface area contributed by atoms with Crippen molar-refractivity contribution in [3.05, 3.63) is 77.1 Å². The van der Waals surface area contributed by atoms with Gasteiger partial charge in [-0.3, -0.25) is 34.3 Å². The molecular formula is C41H43F4N7O5S. The third-order valence-electron chi connectivity index (χ3n) is 10.7. The number of likely N-dealkylation sites (tertiary alicyclic amines) is 1. The summed E-state index contributed by atoms with van der Waals surface area (Å²) in [5.74, 6) is -1.20. The molecule has 3 fully saturated rings. The number of benzene rings is 3. The van der Waals surface area contributed by atoms with E-state index in [9.17, 15) is 42.0 Å². The second-order valence-electron chi connectivity index (χ2n) is 15.1. The first-order valence-corrected chi connectivity index (χ1v) is 19.4. The van der Waals surface area contributed by atoms with Crippen molar-refractivity contribution >= 4 is 63.7 Å². The number of nitriles is 1. The highest BCUT2D eigenvalue weighted by molar-refractivity contribution is 7.81. The predicted molar refractivity (Wildman–Crippen MR) is 213 cm³/mol. The number of halogens is 4. The number of aryl methyl sites for hydroxylation is 1. The van der Waals surface area contributed by atoms with Crippen molar-refractivity contribution in [2.75, 3.05) is 46.7 Å². The van der Waals surface area contributed by atoms with E-state index in [1.54, 1.807) is 43.0 Å². The quantitative estimate of drug-likeness (QED) is 0.105. The zero-order valence-electron chi connectivity index (χ0n) is 32.2. The highest BCUT2D eigenvalue weighted by Crippen LogP contribution is 2.41. The van der Waals surface area contributed by atoms with Gasteiger partial charge in [0.2, 0.25) is 17.7 Å². The molecule has 3 aromatic rings. The Labute approximate surface area is 338 Å². The first-order valence-electron chi connectivity index (χ1n) is 19.0. The number of nitrogens with zero attached hydrogens (tertiary/aromatic N) is 4. The molecule has 0 radical (unpaired) electrons. The number of rotatable bonds is 12. The van der Waals surface area contributed by atoms with Gasteiger partial charge in [0.05, 0.1) is 36.0 Å². The summed E-state index contributed by atoms with van der Waals surface area (Å²) in [6.45, 7) is 7.23. The van der Waals surface area contributed by atoms with E-state index < -0.39 is 46.5 Å². The Morgan fingerprint density at radius 2 is 1.72 bits per heavy atom. The summed E-state index contributed by atoms with van der Waals surface area (Å²) in [4.78, 5) is 54.8. The predicted octanol–water partition coefficient (Wildman–Crippen LogP) is 6.53. The van der Waals surface area contributed by atoms with Crippen molar-refractivity contribution in [3.8, 4) is 11.8 Å². The number of hydrogen-bond donors (Lipinski definition) is 3. The van der Waals surface area contributed by atoms with Crippen LogP contribution in [0.15, 0.2) is 54.6 Å². The third-order valence-corrected chi connectivity index (χ3v) is 11.0. The van der Waals surface area contributed by atoms with Gasteiger partial charge in [0.25, 0.3) is 5.91 Å². The van der Waals surface area contributed by atoms with Gasteiger partial charge in [-0.1, -0.05) is 6.92 Å². The molecule has 3 saturated heterocycles. The fraction of sp³-hybridized carbons (Fsp3) is 0.415. The summed E-state index contributed by atoms with van der Waals surface area (Å²) in [6.07, 6.45) is -1.26. The normalized spacial score (nSPS) is 18.9. The van der Waals surface area contributed by atoms with E-state index in [2.05, 4.69) is 16.0 Å². The molecule has 0 bridgehead atoms. The summed E-state index contributed by atoms with van der Waals surface area (Å²) in [5.41, 5.74) is -1.01. The molecule has 17 heteroatoms. The van der Waals surface area contributed by atoms with Gasteiger partial charge in [-0.2, -0.15) is 18.4 Å². The number of alkyl halides is 3. The van der Waals surface area contributed by atoms with Crippen molar-refractivity contribution in [2.45, 2.75) is 77.1 Å². The van der Waals surface area contributed by atoms with Crippen molar-refractivity contribution in [2.24, 2.45) is 5.92 Å². The number of anilines is 4. The number of nitrogens with one attached hydrogen (secondary N) is 3. The SMILES string of the molecule is CCc1cc(N2C(=S)N(c3ccc(C#N)c(C(F)(F)F)c3)C(=O)C2(C)C)ccc1OCCC1CCN(CC(=O)Nc2cc(F)cc(NC3CCC(=O)NC3=O)c2)CC1. The second-order valence-corrected chi connectivity index (χ2v) is 15.4. The van der Waals surface area contributed by atoms with Gasteiger partial charge in [-0.15, -0.1) is 0 Å². The molecular weight excluding hydrogens is 779 g/mol. The maximum Gasteiger partial charge on any atom is 0.417 e. The molecule has 3 heterocycles. The van der Waals surface area contributed by atoms with Crippen LogP contribution in [0.5, 0.6) is 5.75 Å². The Bertz CT molecular complexity index is 2170. The molecule has 3 aromatic carbocycles. The summed E-state index contributed by atoms with van der Waals surface area (Å²) in [7, 11) is 0. The van der Waals surface area contributed by atoms with E-state index in [-0.39, 0.29) is 47.7 Å². The topological polar surface area (TPSA) is 147 Å². The Kier molecular flexibility index (Phi) is 12.4. The van der Waals surface area contributed by atoms with Crippen LogP contribution in [0.2, 0.25) is 0 Å². The molecule has 6 rings (SSSR count). The minimum Gasteiger partial charge on any atom is -0.493 e. The minimum absolute atomic E-state index is 0.00908. The Hall–Kier alpha value is -5.60. The zero-order valence-corrected chi connectivity index (χ0v) is 33.0. The maximum absolute atomic E-state index is 14.4. The second kappa shape index (κ2) is 17.1. The average Bonchev–Trinajstić information content (AvgIpc) is 3.34. The van der Waals surface area contributed by atoms with Crippen molar-refractivity contribution in [1.29, 1.82) is 5.26 Å². The molecule has 3 aliphatic heterocycles. The van der Waals surface area contributed by atoms with Gasteiger partial charge in [0.1, 0.15) is 23.1 Å². The molecule has 0 aliphatic carbocycles. The van der Waals surface area contributed by atoms with E-state index in [4.69, 9.17) is 17.0 Å². The van der Waals surface area contributed by atoms with E-state index in [0.717, 1.165) is 41.9 Å². The molecule has 0 spiro atoms. The number of thiocarbonyl (C=S) groups is 1. The standard InChI is InChI=1S/C41H43F4N7O5S/c1-4-25-17-31(52-39(58)51(38(56)40(52,2)3)30-6-5-26(22-46)32(21-30)41(43,44)45)7-9-34(25)57-16-13-24-11-14-50(15-12-24)23-36(54)48-29-19-27(42)18-28(20-29)47-33-8-10-35(53)49-37(33)55/h5-7,9,17-21,24,33,47H,4,8,10-16,23H2,1-3H3,(H,48,54)(H,49,53,55). The van der Waals surface area contributed by atoms with Crippen LogP contribution in [0.4, 0.5) is 40.3 Å². The Balaban J connectivity index is 1.00. The number of carbonyl (C=O) groups is 4. The molecule has 3 aliphatic rings. The van der Waals surface area contributed by atoms with E-state index in [1.165, 1.54) is 18.2 Å². The van der Waals surface area contributed by atoms with Gasteiger partial charge in [0.15, 0.2) is 5.11 Å².